The lowest BCUT2D eigenvalue weighted by Crippen LogP contribution is -2.49. The van der Waals surface area contributed by atoms with Gasteiger partial charge in [0.15, 0.2) is 0 Å². The average molecular weight is 260 g/mol. The lowest BCUT2D eigenvalue weighted by atomic mass is 9.96. The summed E-state index contributed by atoms with van der Waals surface area (Å²) in [5, 5.41) is 0. The van der Waals surface area contributed by atoms with E-state index in [1.54, 1.807) is 0 Å². The zero-order valence-electron chi connectivity index (χ0n) is 12.2. The Morgan fingerprint density at radius 1 is 1.21 bits per heavy atom. The number of nitrogens with two attached hydrogens (primary N) is 1. The predicted octanol–water partition coefficient (Wildman–Crippen LogP) is 3.21. The highest BCUT2D eigenvalue weighted by molar-refractivity contribution is 5.14. The first-order valence-electron chi connectivity index (χ1n) is 7.81. The van der Waals surface area contributed by atoms with Crippen LogP contribution in [0.2, 0.25) is 0 Å². The van der Waals surface area contributed by atoms with Crippen LogP contribution >= 0.6 is 0 Å². The van der Waals surface area contributed by atoms with E-state index in [-0.39, 0.29) is 0 Å². The highest BCUT2D eigenvalue weighted by Gasteiger charge is 2.24. The van der Waals surface area contributed by atoms with Gasteiger partial charge in [-0.15, -0.1) is 0 Å². The number of rotatable bonds is 6. The van der Waals surface area contributed by atoms with Gasteiger partial charge < -0.3 is 5.73 Å². The molecule has 1 aliphatic heterocycles. The second-order valence-corrected chi connectivity index (χ2v) is 5.90. The Hall–Kier alpha value is -0.860. The molecule has 1 aromatic carbocycles. The maximum atomic E-state index is 6.11. The van der Waals surface area contributed by atoms with Crippen LogP contribution in [0.1, 0.15) is 44.6 Å². The molecule has 2 heteroatoms. The van der Waals surface area contributed by atoms with Crippen LogP contribution in [0.4, 0.5) is 0 Å². The molecule has 1 saturated heterocycles. The summed E-state index contributed by atoms with van der Waals surface area (Å²) >= 11 is 0. The number of unbranched alkanes of at least 4 members (excludes halogenated alkanes) is 1. The summed E-state index contributed by atoms with van der Waals surface area (Å²) in [6.45, 7) is 4.63. The summed E-state index contributed by atoms with van der Waals surface area (Å²) in [6.07, 6.45) is 7.77. The van der Waals surface area contributed by atoms with Gasteiger partial charge in [0.25, 0.3) is 0 Å². The Bertz CT molecular complexity index is 348. The monoisotopic (exact) mass is 260 g/mol. The number of hydrogen-bond donors (Lipinski definition) is 1. The topological polar surface area (TPSA) is 29.3 Å². The lowest BCUT2D eigenvalue weighted by molar-refractivity contribution is 0.128. The van der Waals surface area contributed by atoms with Gasteiger partial charge in [0.05, 0.1) is 0 Å². The Morgan fingerprint density at radius 2 is 2.00 bits per heavy atom. The first-order chi connectivity index (χ1) is 9.27. The molecule has 2 N–H and O–H groups in total. The molecule has 1 heterocycles. The molecule has 0 saturated carbocycles. The number of aryl methyl sites for hydroxylation is 1. The Kier molecular flexibility index (Phi) is 5.87. The molecule has 2 unspecified atom stereocenters. The Labute approximate surface area is 118 Å². The maximum absolute atomic E-state index is 6.11. The molecule has 2 rings (SSSR count). The lowest BCUT2D eigenvalue weighted by Gasteiger charge is -2.38. The van der Waals surface area contributed by atoms with Crippen molar-refractivity contribution >= 4 is 0 Å². The minimum atomic E-state index is 0.314. The van der Waals surface area contributed by atoms with Gasteiger partial charge in [-0.2, -0.15) is 0 Å². The summed E-state index contributed by atoms with van der Waals surface area (Å²) in [4.78, 5) is 2.62. The van der Waals surface area contributed by atoms with Crippen molar-refractivity contribution in [1.82, 2.24) is 4.90 Å². The van der Waals surface area contributed by atoms with Crippen LogP contribution in [0.5, 0.6) is 0 Å². The van der Waals surface area contributed by atoms with Crippen molar-refractivity contribution in [1.29, 1.82) is 0 Å². The molecule has 0 aliphatic carbocycles. The van der Waals surface area contributed by atoms with Crippen molar-refractivity contribution in [3.8, 4) is 0 Å². The highest BCUT2D eigenvalue weighted by Crippen LogP contribution is 2.19. The van der Waals surface area contributed by atoms with Crippen molar-refractivity contribution in [3.63, 3.8) is 0 Å². The van der Waals surface area contributed by atoms with E-state index in [1.165, 1.54) is 57.2 Å². The standard InChI is InChI=1S/C17H28N2/c1-15(18)17-12-6-8-14-19(17)13-7-5-11-16-9-3-2-4-10-16/h2-4,9-10,15,17H,5-8,11-14,18H2,1H3. The molecule has 1 fully saturated rings. The van der Waals surface area contributed by atoms with E-state index in [4.69, 9.17) is 5.73 Å². The molecule has 0 radical (unpaired) electrons. The molecule has 106 valence electrons. The second kappa shape index (κ2) is 7.66. The Morgan fingerprint density at radius 3 is 2.74 bits per heavy atom. The van der Waals surface area contributed by atoms with Gasteiger partial charge in [0, 0.05) is 12.1 Å². The number of likely N-dealkylation sites (tertiary alicyclic amines) is 1. The summed E-state index contributed by atoms with van der Waals surface area (Å²) < 4.78 is 0. The van der Waals surface area contributed by atoms with Gasteiger partial charge in [-0.05, 0) is 57.7 Å². The van der Waals surface area contributed by atoms with E-state index in [0.29, 0.717) is 12.1 Å². The van der Waals surface area contributed by atoms with E-state index in [1.807, 2.05) is 0 Å². The number of benzene rings is 1. The zero-order chi connectivity index (χ0) is 13.5. The van der Waals surface area contributed by atoms with E-state index < -0.39 is 0 Å². The molecule has 19 heavy (non-hydrogen) atoms. The summed E-state index contributed by atoms with van der Waals surface area (Å²) in [6, 6.07) is 11.7. The quantitative estimate of drug-likeness (QED) is 0.796. The largest absolute Gasteiger partial charge is 0.327 e. The fraction of sp³-hybridized carbons (Fsp3) is 0.647. The number of hydrogen-bond acceptors (Lipinski definition) is 2. The van der Waals surface area contributed by atoms with Crippen LogP contribution in [-0.2, 0) is 6.42 Å². The minimum absolute atomic E-state index is 0.314. The summed E-state index contributed by atoms with van der Waals surface area (Å²) in [5.41, 5.74) is 7.57. The molecule has 0 amide bonds. The third kappa shape index (κ3) is 4.63. The molecule has 0 spiro atoms. The van der Waals surface area contributed by atoms with Crippen molar-refractivity contribution < 1.29 is 0 Å². The maximum Gasteiger partial charge on any atom is 0.0244 e. The number of piperidine rings is 1. The minimum Gasteiger partial charge on any atom is -0.327 e. The van der Waals surface area contributed by atoms with Crippen molar-refractivity contribution in [3.05, 3.63) is 35.9 Å². The molecule has 1 aliphatic rings. The van der Waals surface area contributed by atoms with E-state index in [9.17, 15) is 0 Å². The van der Waals surface area contributed by atoms with E-state index >= 15 is 0 Å². The van der Waals surface area contributed by atoms with Gasteiger partial charge in [-0.1, -0.05) is 36.8 Å². The van der Waals surface area contributed by atoms with Gasteiger partial charge in [0.2, 0.25) is 0 Å². The van der Waals surface area contributed by atoms with Crippen molar-refractivity contribution in [2.45, 2.75) is 57.5 Å². The van der Waals surface area contributed by atoms with Crippen LogP contribution in [0.3, 0.4) is 0 Å². The first kappa shape index (κ1) is 14.5. The average Bonchev–Trinajstić information content (AvgIpc) is 2.45. The van der Waals surface area contributed by atoms with E-state index in [0.717, 1.165) is 0 Å². The predicted molar refractivity (Wildman–Crippen MR) is 82.2 cm³/mol. The van der Waals surface area contributed by atoms with Gasteiger partial charge in [0.1, 0.15) is 0 Å². The van der Waals surface area contributed by atoms with Crippen molar-refractivity contribution in [2.75, 3.05) is 13.1 Å². The molecular weight excluding hydrogens is 232 g/mol. The summed E-state index contributed by atoms with van der Waals surface area (Å²) in [7, 11) is 0. The fourth-order valence-electron chi connectivity index (χ4n) is 3.18. The summed E-state index contributed by atoms with van der Waals surface area (Å²) in [5.74, 6) is 0. The van der Waals surface area contributed by atoms with Gasteiger partial charge >= 0.3 is 0 Å². The molecular formula is C17H28N2. The van der Waals surface area contributed by atoms with Gasteiger partial charge in [-0.3, -0.25) is 4.90 Å². The van der Waals surface area contributed by atoms with E-state index in [2.05, 4.69) is 42.2 Å². The highest BCUT2D eigenvalue weighted by atomic mass is 15.2. The van der Waals surface area contributed by atoms with Crippen LogP contribution in [0.15, 0.2) is 30.3 Å². The zero-order valence-corrected chi connectivity index (χ0v) is 12.2. The Balaban J connectivity index is 1.69. The third-order valence-electron chi connectivity index (χ3n) is 4.27. The molecule has 0 bridgehead atoms. The van der Waals surface area contributed by atoms with Crippen LogP contribution < -0.4 is 5.73 Å². The van der Waals surface area contributed by atoms with Crippen molar-refractivity contribution in [2.24, 2.45) is 5.73 Å². The molecule has 1 aromatic rings. The normalized spacial score (nSPS) is 22.3. The second-order valence-electron chi connectivity index (χ2n) is 5.90. The first-order valence-corrected chi connectivity index (χ1v) is 7.81. The molecule has 2 atom stereocenters. The van der Waals surface area contributed by atoms with Gasteiger partial charge in [-0.25, -0.2) is 0 Å². The SMILES string of the molecule is CC(N)C1CCCCN1CCCCc1ccccc1. The smallest absolute Gasteiger partial charge is 0.0244 e. The number of nitrogens with zero attached hydrogens (tertiary/aromatic N) is 1. The molecule has 2 nitrogen and oxygen atoms in total. The van der Waals surface area contributed by atoms with Crippen LogP contribution in [0.25, 0.3) is 0 Å². The van der Waals surface area contributed by atoms with Crippen LogP contribution in [0, 0.1) is 0 Å². The molecule has 0 aromatic heterocycles. The van der Waals surface area contributed by atoms with Crippen LogP contribution in [-0.4, -0.2) is 30.1 Å². The third-order valence-corrected chi connectivity index (χ3v) is 4.27. The fourth-order valence-corrected chi connectivity index (χ4v) is 3.18.